The normalized spacial score (nSPS) is 24.0. The van der Waals surface area contributed by atoms with E-state index in [0.29, 0.717) is 13.2 Å². The van der Waals surface area contributed by atoms with E-state index in [1.54, 1.807) is 0 Å². The molecule has 0 aromatic heterocycles. The monoisotopic (exact) mass is 254 g/mol. The van der Waals surface area contributed by atoms with E-state index in [9.17, 15) is 13.2 Å². The minimum Gasteiger partial charge on any atom is -0.381 e. The van der Waals surface area contributed by atoms with Crippen LogP contribution < -0.4 is 5.73 Å². The zero-order valence-corrected chi connectivity index (χ0v) is 10.2. The first-order chi connectivity index (χ1) is 7.95. The number of alkyl halides is 3. The molecule has 0 bridgehead atoms. The molecule has 1 saturated heterocycles. The van der Waals surface area contributed by atoms with E-state index in [4.69, 9.17) is 10.5 Å². The van der Waals surface area contributed by atoms with Crippen molar-refractivity contribution < 1.29 is 17.9 Å². The van der Waals surface area contributed by atoms with Crippen molar-refractivity contribution in [2.75, 3.05) is 33.4 Å². The molecule has 1 rings (SSSR count). The predicted molar refractivity (Wildman–Crippen MR) is 59.7 cm³/mol. The van der Waals surface area contributed by atoms with E-state index >= 15 is 0 Å². The van der Waals surface area contributed by atoms with Gasteiger partial charge >= 0.3 is 6.18 Å². The summed E-state index contributed by atoms with van der Waals surface area (Å²) in [5, 5.41) is 0. The maximum atomic E-state index is 12.8. The van der Waals surface area contributed by atoms with E-state index in [-0.39, 0.29) is 18.9 Å². The summed E-state index contributed by atoms with van der Waals surface area (Å²) < 4.78 is 43.6. The first kappa shape index (κ1) is 14.7. The molecule has 6 heteroatoms. The maximum Gasteiger partial charge on any atom is 0.404 e. The average molecular weight is 254 g/mol. The topological polar surface area (TPSA) is 38.5 Å². The summed E-state index contributed by atoms with van der Waals surface area (Å²) in [7, 11) is 1.52. The molecule has 2 N–H and O–H groups in total. The van der Waals surface area contributed by atoms with Gasteiger partial charge in [0.2, 0.25) is 0 Å². The molecule has 102 valence electrons. The number of hydrogen-bond donors (Lipinski definition) is 1. The number of nitrogens with two attached hydrogens (primary N) is 1. The van der Waals surface area contributed by atoms with Crippen molar-refractivity contribution in [2.45, 2.75) is 31.5 Å². The molecule has 0 radical (unpaired) electrons. The second-order valence-corrected chi connectivity index (χ2v) is 4.66. The summed E-state index contributed by atoms with van der Waals surface area (Å²) in [6, 6.07) is -1.44. The van der Waals surface area contributed by atoms with Crippen LogP contribution in [-0.2, 0) is 4.74 Å². The van der Waals surface area contributed by atoms with Gasteiger partial charge < -0.3 is 10.5 Å². The first-order valence-electron chi connectivity index (χ1n) is 6.00. The summed E-state index contributed by atoms with van der Waals surface area (Å²) in [6.45, 7) is 1.77. The molecule has 0 aliphatic carbocycles. The molecule has 1 aliphatic rings. The molecule has 1 aliphatic heterocycles. The zero-order valence-electron chi connectivity index (χ0n) is 10.2. The summed E-state index contributed by atoms with van der Waals surface area (Å²) >= 11 is 0. The van der Waals surface area contributed by atoms with Crippen molar-refractivity contribution in [3.05, 3.63) is 0 Å². The smallest absolute Gasteiger partial charge is 0.381 e. The zero-order chi connectivity index (χ0) is 12.9. The SMILES string of the molecule is CN(CC1CCCOC1)C(CCN)C(F)(F)F. The molecule has 0 saturated carbocycles. The summed E-state index contributed by atoms with van der Waals surface area (Å²) in [5.74, 6) is 0.205. The molecular formula is C11H21F3N2O. The van der Waals surface area contributed by atoms with Crippen LogP contribution in [0.15, 0.2) is 0 Å². The largest absolute Gasteiger partial charge is 0.404 e. The van der Waals surface area contributed by atoms with Crippen molar-refractivity contribution in [1.29, 1.82) is 0 Å². The summed E-state index contributed by atoms with van der Waals surface area (Å²) in [4.78, 5) is 1.37. The van der Waals surface area contributed by atoms with E-state index < -0.39 is 12.2 Å². The molecule has 0 amide bonds. The second kappa shape index (κ2) is 6.56. The van der Waals surface area contributed by atoms with E-state index in [0.717, 1.165) is 19.4 Å². The molecule has 0 aromatic carbocycles. The summed E-state index contributed by atoms with van der Waals surface area (Å²) in [5.41, 5.74) is 5.25. The van der Waals surface area contributed by atoms with Gasteiger partial charge in [-0.1, -0.05) is 0 Å². The van der Waals surface area contributed by atoms with Gasteiger partial charge in [-0.05, 0) is 38.8 Å². The third-order valence-corrected chi connectivity index (χ3v) is 3.15. The average Bonchev–Trinajstić information content (AvgIpc) is 2.25. The highest BCUT2D eigenvalue weighted by Crippen LogP contribution is 2.27. The molecular weight excluding hydrogens is 233 g/mol. The Morgan fingerprint density at radius 1 is 1.47 bits per heavy atom. The Hall–Kier alpha value is -0.330. The molecule has 2 unspecified atom stereocenters. The van der Waals surface area contributed by atoms with E-state index in [2.05, 4.69) is 0 Å². The Balaban J connectivity index is 2.48. The van der Waals surface area contributed by atoms with Gasteiger partial charge in [0.05, 0.1) is 6.61 Å². The molecule has 1 fully saturated rings. The Labute approximate surface area is 100 Å². The Bertz CT molecular complexity index is 217. The Morgan fingerprint density at radius 3 is 2.65 bits per heavy atom. The lowest BCUT2D eigenvalue weighted by molar-refractivity contribution is -0.183. The third-order valence-electron chi connectivity index (χ3n) is 3.15. The van der Waals surface area contributed by atoms with Gasteiger partial charge in [0.1, 0.15) is 6.04 Å². The van der Waals surface area contributed by atoms with E-state index in [1.807, 2.05) is 0 Å². The quantitative estimate of drug-likeness (QED) is 0.810. The van der Waals surface area contributed by atoms with Gasteiger partial charge in [0.25, 0.3) is 0 Å². The number of nitrogens with zero attached hydrogens (tertiary/aromatic N) is 1. The lowest BCUT2D eigenvalue weighted by Gasteiger charge is -2.33. The number of halogens is 3. The van der Waals surface area contributed by atoms with Crippen LogP contribution in [-0.4, -0.2) is 50.5 Å². The van der Waals surface area contributed by atoms with Crippen LogP contribution >= 0.6 is 0 Å². The number of rotatable bonds is 5. The molecule has 0 spiro atoms. The Morgan fingerprint density at radius 2 is 2.18 bits per heavy atom. The van der Waals surface area contributed by atoms with Gasteiger partial charge in [0.15, 0.2) is 0 Å². The maximum absolute atomic E-state index is 12.8. The first-order valence-corrected chi connectivity index (χ1v) is 6.00. The van der Waals surface area contributed by atoms with Gasteiger partial charge in [-0.2, -0.15) is 13.2 Å². The van der Waals surface area contributed by atoms with Crippen LogP contribution in [0.3, 0.4) is 0 Å². The van der Waals surface area contributed by atoms with Crippen molar-refractivity contribution in [3.63, 3.8) is 0 Å². The standard InChI is InChI=1S/C11H21F3N2O/c1-16(7-9-3-2-6-17-8-9)10(4-5-15)11(12,13)14/h9-10H,2-8,15H2,1H3. The van der Waals surface area contributed by atoms with Gasteiger partial charge in [-0.25, -0.2) is 0 Å². The fourth-order valence-electron chi connectivity index (χ4n) is 2.28. The molecule has 0 aromatic rings. The molecule has 3 nitrogen and oxygen atoms in total. The van der Waals surface area contributed by atoms with Crippen LogP contribution in [0, 0.1) is 5.92 Å². The highest BCUT2D eigenvalue weighted by molar-refractivity contribution is 4.79. The van der Waals surface area contributed by atoms with Gasteiger partial charge in [-0.3, -0.25) is 4.90 Å². The van der Waals surface area contributed by atoms with Crippen LogP contribution in [0.5, 0.6) is 0 Å². The van der Waals surface area contributed by atoms with E-state index in [1.165, 1.54) is 11.9 Å². The van der Waals surface area contributed by atoms with Crippen molar-refractivity contribution in [1.82, 2.24) is 4.90 Å². The van der Waals surface area contributed by atoms with Gasteiger partial charge in [-0.15, -0.1) is 0 Å². The molecule has 1 heterocycles. The second-order valence-electron chi connectivity index (χ2n) is 4.66. The fourth-order valence-corrected chi connectivity index (χ4v) is 2.28. The minimum absolute atomic E-state index is 0.0480. The molecule has 17 heavy (non-hydrogen) atoms. The number of hydrogen-bond acceptors (Lipinski definition) is 3. The lowest BCUT2D eigenvalue weighted by Crippen LogP contribution is -2.47. The molecule has 2 atom stereocenters. The predicted octanol–water partition coefficient (Wildman–Crippen LogP) is 1.62. The van der Waals surface area contributed by atoms with Gasteiger partial charge in [0, 0.05) is 13.2 Å². The fraction of sp³-hybridized carbons (Fsp3) is 1.00. The number of ether oxygens (including phenoxy) is 1. The third kappa shape index (κ3) is 4.81. The van der Waals surface area contributed by atoms with Crippen molar-refractivity contribution in [2.24, 2.45) is 11.7 Å². The lowest BCUT2D eigenvalue weighted by atomic mass is 10.0. The minimum atomic E-state index is -4.20. The van der Waals surface area contributed by atoms with Crippen LogP contribution in [0.1, 0.15) is 19.3 Å². The van der Waals surface area contributed by atoms with Crippen LogP contribution in [0.25, 0.3) is 0 Å². The summed E-state index contributed by atoms with van der Waals surface area (Å²) in [6.07, 6.45) is -2.37. The van der Waals surface area contributed by atoms with Crippen molar-refractivity contribution in [3.8, 4) is 0 Å². The van der Waals surface area contributed by atoms with Crippen molar-refractivity contribution >= 4 is 0 Å². The Kier molecular flexibility index (Phi) is 5.69. The van der Waals surface area contributed by atoms with Crippen LogP contribution in [0.4, 0.5) is 13.2 Å². The highest BCUT2D eigenvalue weighted by Gasteiger charge is 2.41. The highest BCUT2D eigenvalue weighted by atomic mass is 19.4. The van der Waals surface area contributed by atoms with Crippen LogP contribution in [0.2, 0.25) is 0 Å².